The van der Waals surface area contributed by atoms with Gasteiger partial charge in [0.25, 0.3) is 0 Å². The van der Waals surface area contributed by atoms with E-state index in [9.17, 15) is 0 Å². The number of aryl methyl sites for hydroxylation is 1. The van der Waals surface area contributed by atoms with Crippen LogP contribution in [0.3, 0.4) is 0 Å². The summed E-state index contributed by atoms with van der Waals surface area (Å²) in [6, 6.07) is 30.4. The van der Waals surface area contributed by atoms with E-state index in [-0.39, 0.29) is 6.04 Å². The first-order valence-corrected chi connectivity index (χ1v) is 10.8. The van der Waals surface area contributed by atoms with Crippen molar-refractivity contribution in [3.8, 4) is 0 Å². The van der Waals surface area contributed by atoms with Crippen molar-refractivity contribution in [2.45, 2.75) is 13.0 Å². The first-order chi connectivity index (χ1) is 16.2. The molecule has 5 rings (SSSR count). The molecule has 3 aromatic carbocycles. The highest BCUT2D eigenvalue weighted by molar-refractivity contribution is 5.93. The summed E-state index contributed by atoms with van der Waals surface area (Å²) in [5.41, 5.74) is 11.9. The third-order valence-corrected chi connectivity index (χ3v) is 5.54. The first-order valence-electron chi connectivity index (χ1n) is 10.8. The Morgan fingerprint density at radius 2 is 1.39 bits per heavy atom. The van der Waals surface area contributed by atoms with Crippen LogP contribution >= 0.6 is 0 Å². The van der Waals surface area contributed by atoms with Gasteiger partial charge in [-0.15, -0.1) is 0 Å². The normalized spacial score (nSPS) is 11.0. The molecule has 6 nitrogen and oxygen atoms in total. The average Bonchev–Trinajstić information content (AvgIpc) is 2.86. The third-order valence-electron chi connectivity index (χ3n) is 5.54. The van der Waals surface area contributed by atoms with Crippen molar-refractivity contribution in [1.29, 1.82) is 0 Å². The summed E-state index contributed by atoms with van der Waals surface area (Å²) in [6.45, 7) is 1.98. The lowest BCUT2D eigenvalue weighted by molar-refractivity contribution is 0.924. The number of nitrogens with zero attached hydrogens (tertiary/aromatic N) is 3. The van der Waals surface area contributed by atoms with Gasteiger partial charge < -0.3 is 16.4 Å². The summed E-state index contributed by atoms with van der Waals surface area (Å²) < 4.78 is 0. The van der Waals surface area contributed by atoms with Gasteiger partial charge in [0.2, 0.25) is 0 Å². The Morgan fingerprint density at radius 1 is 0.727 bits per heavy atom. The number of nitrogens with one attached hydrogen (secondary N) is 2. The van der Waals surface area contributed by atoms with Gasteiger partial charge >= 0.3 is 0 Å². The van der Waals surface area contributed by atoms with Crippen molar-refractivity contribution in [3.05, 3.63) is 114 Å². The topological polar surface area (TPSA) is 88.8 Å². The van der Waals surface area contributed by atoms with Gasteiger partial charge in [0.05, 0.1) is 17.2 Å². The minimum atomic E-state index is -0.112. The SMILES string of the molecule is Cc1ccc2cccc(Nc3ncnc(NC(c4ccccc4)c4ccccc4)c3N)c2n1. The summed E-state index contributed by atoms with van der Waals surface area (Å²) in [5, 5.41) is 7.92. The number of hydrogen-bond acceptors (Lipinski definition) is 6. The summed E-state index contributed by atoms with van der Waals surface area (Å²) in [6.07, 6.45) is 1.51. The van der Waals surface area contributed by atoms with Gasteiger partial charge in [-0.3, -0.25) is 4.98 Å². The maximum atomic E-state index is 6.54. The molecule has 0 bridgehead atoms. The van der Waals surface area contributed by atoms with Crippen LogP contribution in [0.1, 0.15) is 22.9 Å². The van der Waals surface area contributed by atoms with Crippen LogP contribution in [0.15, 0.2) is 97.3 Å². The molecule has 0 spiro atoms. The number of anilines is 4. The number of rotatable bonds is 6. The van der Waals surface area contributed by atoms with E-state index in [1.807, 2.05) is 67.6 Å². The van der Waals surface area contributed by atoms with Gasteiger partial charge in [0, 0.05) is 11.1 Å². The summed E-state index contributed by atoms with van der Waals surface area (Å²) >= 11 is 0. The number of hydrogen-bond donors (Lipinski definition) is 3. The molecule has 0 aliphatic carbocycles. The van der Waals surface area contributed by atoms with Gasteiger partial charge in [0.15, 0.2) is 11.6 Å². The largest absolute Gasteiger partial charge is 0.393 e. The number of fused-ring (bicyclic) bond motifs is 1. The van der Waals surface area contributed by atoms with Gasteiger partial charge in [-0.2, -0.15) is 0 Å². The van der Waals surface area contributed by atoms with E-state index in [4.69, 9.17) is 5.73 Å². The second-order valence-corrected chi connectivity index (χ2v) is 7.84. The van der Waals surface area contributed by atoms with E-state index < -0.39 is 0 Å². The highest BCUT2D eigenvalue weighted by Gasteiger charge is 2.18. The molecule has 0 radical (unpaired) electrons. The molecule has 0 saturated carbocycles. The molecule has 2 heterocycles. The zero-order valence-corrected chi connectivity index (χ0v) is 18.2. The van der Waals surface area contributed by atoms with Crippen LogP contribution in [-0.4, -0.2) is 15.0 Å². The number of benzene rings is 3. The molecule has 4 N–H and O–H groups in total. The molecule has 5 aromatic rings. The Kier molecular flexibility index (Phi) is 5.55. The number of para-hydroxylation sites is 1. The van der Waals surface area contributed by atoms with Crippen LogP contribution in [0, 0.1) is 6.92 Å². The van der Waals surface area contributed by atoms with Crippen molar-refractivity contribution in [3.63, 3.8) is 0 Å². The molecule has 0 saturated heterocycles. The van der Waals surface area contributed by atoms with Crippen molar-refractivity contribution in [2.24, 2.45) is 0 Å². The van der Waals surface area contributed by atoms with Crippen molar-refractivity contribution < 1.29 is 0 Å². The fraction of sp³-hybridized carbons (Fsp3) is 0.0741. The molecule has 162 valence electrons. The van der Waals surface area contributed by atoms with Gasteiger partial charge in [-0.05, 0) is 30.2 Å². The Balaban J connectivity index is 1.50. The monoisotopic (exact) mass is 432 g/mol. The molecule has 33 heavy (non-hydrogen) atoms. The highest BCUT2D eigenvalue weighted by Crippen LogP contribution is 2.33. The second-order valence-electron chi connectivity index (χ2n) is 7.84. The number of nitrogens with two attached hydrogens (primary N) is 1. The Bertz CT molecular complexity index is 1350. The summed E-state index contributed by atoms with van der Waals surface area (Å²) in [4.78, 5) is 13.5. The second kappa shape index (κ2) is 8.96. The molecule has 0 aliphatic heterocycles. The zero-order chi connectivity index (χ0) is 22.6. The molecule has 6 heteroatoms. The van der Waals surface area contributed by atoms with Crippen LogP contribution < -0.4 is 16.4 Å². The van der Waals surface area contributed by atoms with E-state index in [1.54, 1.807) is 0 Å². The van der Waals surface area contributed by atoms with E-state index in [1.165, 1.54) is 6.33 Å². The third kappa shape index (κ3) is 4.32. The summed E-state index contributed by atoms with van der Waals surface area (Å²) in [7, 11) is 0. The van der Waals surface area contributed by atoms with E-state index in [0.717, 1.165) is 33.4 Å². The lowest BCUT2D eigenvalue weighted by atomic mass is 9.99. The van der Waals surface area contributed by atoms with E-state index in [2.05, 4.69) is 55.9 Å². The molecule has 0 aliphatic rings. The van der Waals surface area contributed by atoms with Gasteiger partial charge in [0.1, 0.15) is 12.0 Å². The average molecular weight is 433 g/mol. The Morgan fingerprint density at radius 3 is 2.09 bits per heavy atom. The van der Waals surface area contributed by atoms with Crippen LogP contribution in [0.25, 0.3) is 10.9 Å². The smallest absolute Gasteiger partial charge is 0.159 e. The lowest BCUT2D eigenvalue weighted by Crippen LogP contribution is -2.15. The predicted molar refractivity (Wildman–Crippen MR) is 135 cm³/mol. The molecule has 0 amide bonds. The zero-order valence-electron chi connectivity index (χ0n) is 18.2. The first kappa shape index (κ1) is 20.5. The number of pyridine rings is 1. The van der Waals surface area contributed by atoms with Crippen LogP contribution in [0.2, 0.25) is 0 Å². The molecule has 0 unspecified atom stereocenters. The minimum absolute atomic E-state index is 0.112. The maximum absolute atomic E-state index is 6.54. The lowest BCUT2D eigenvalue weighted by Gasteiger charge is -2.22. The standard InChI is InChI=1S/C27H24N6/c1-18-15-16-21-13-8-14-22(25(21)31-18)32-26-23(28)27(30-17-29-26)33-24(19-9-4-2-5-10-19)20-11-6-3-7-12-20/h2-17,24H,28H2,1H3,(H2,29,30,32,33). The molecular weight excluding hydrogens is 408 g/mol. The van der Waals surface area contributed by atoms with Crippen LogP contribution in [0.4, 0.5) is 23.0 Å². The quantitative estimate of drug-likeness (QED) is 0.311. The molecule has 0 atom stereocenters. The maximum Gasteiger partial charge on any atom is 0.159 e. The summed E-state index contributed by atoms with van der Waals surface area (Å²) in [5.74, 6) is 1.10. The van der Waals surface area contributed by atoms with Crippen molar-refractivity contribution in [1.82, 2.24) is 15.0 Å². The molecule has 0 fully saturated rings. The van der Waals surface area contributed by atoms with Crippen LogP contribution in [0.5, 0.6) is 0 Å². The van der Waals surface area contributed by atoms with Gasteiger partial charge in [-0.25, -0.2) is 9.97 Å². The fourth-order valence-electron chi connectivity index (χ4n) is 3.87. The van der Waals surface area contributed by atoms with Gasteiger partial charge in [-0.1, -0.05) is 78.9 Å². The molecule has 2 aromatic heterocycles. The van der Waals surface area contributed by atoms with E-state index >= 15 is 0 Å². The predicted octanol–water partition coefficient (Wildman–Crippen LogP) is 5.86. The fourth-order valence-corrected chi connectivity index (χ4v) is 3.87. The minimum Gasteiger partial charge on any atom is -0.393 e. The Hall–Kier alpha value is -4.45. The number of nitrogen functional groups attached to an aromatic ring is 1. The highest BCUT2D eigenvalue weighted by atomic mass is 15.1. The van der Waals surface area contributed by atoms with E-state index in [0.29, 0.717) is 17.3 Å². The van der Waals surface area contributed by atoms with Crippen LogP contribution in [-0.2, 0) is 0 Å². The van der Waals surface area contributed by atoms with Crippen molar-refractivity contribution >= 4 is 33.9 Å². The number of aromatic nitrogens is 3. The van der Waals surface area contributed by atoms with Crippen molar-refractivity contribution in [2.75, 3.05) is 16.4 Å². The molecular formula is C27H24N6. The Labute approximate surface area is 192 Å².